The minimum atomic E-state index is 0. The van der Waals surface area contributed by atoms with Gasteiger partial charge in [-0.1, -0.05) is 34.8 Å². The van der Waals surface area contributed by atoms with E-state index in [1.165, 1.54) is 37.8 Å². The van der Waals surface area contributed by atoms with E-state index in [9.17, 15) is 0 Å². The van der Waals surface area contributed by atoms with Gasteiger partial charge in [0.05, 0.1) is 0 Å². The van der Waals surface area contributed by atoms with E-state index in [-0.39, 0.29) is 24.0 Å². The van der Waals surface area contributed by atoms with Crippen molar-refractivity contribution in [1.29, 1.82) is 0 Å². The lowest BCUT2D eigenvalue weighted by Crippen LogP contribution is -2.38. The van der Waals surface area contributed by atoms with Crippen LogP contribution in [0.15, 0.2) is 33.7 Å². The zero-order chi connectivity index (χ0) is 16.1. The van der Waals surface area contributed by atoms with Crippen molar-refractivity contribution >= 4 is 51.6 Å². The molecule has 0 spiro atoms. The van der Waals surface area contributed by atoms with Crippen molar-refractivity contribution in [2.75, 3.05) is 37.6 Å². The zero-order valence-electron chi connectivity index (χ0n) is 14.2. The zero-order valence-corrected chi connectivity index (χ0v) is 18.1. The molecular formula is C18H28BrIN4. The van der Waals surface area contributed by atoms with Gasteiger partial charge in [-0.3, -0.25) is 4.99 Å². The molecule has 0 amide bonds. The summed E-state index contributed by atoms with van der Waals surface area (Å²) in [5, 5.41) is 0. The number of likely N-dealkylation sites (tertiary alicyclic amines) is 1. The maximum absolute atomic E-state index is 6.22. The van der Waals surface area contributed by atoms with Gasteiger partial charge >= 0.3 is 0 Å². The molecule has 24 heavy (non-hydrogen) atoms. The van der Waals surface area contributed by atoms with E-state index in [2.05, 4.69) is 50.0 Å². The maximum Gasteiger partial charge on any atom is 0.191 e. The van der Waals surface area contributed by atoms with Gasteiger partial charge in [0.25, 0.3) is 0 Å². The fourth-order valence-corrected chi connectivity index (χ4v) is 3.90. The molecule has 0 saturated carbocycles. The lowest BCUT2D eigenvalue weighted by Gasteiger charge is -2.22. The molecule has 3 rings (SSSR count). The number of halogens is 2. The summed E-state index contributed by atoms with van der Waals surface area (Å²) in [6, 6.07) is 8.55. The predicted octanol–water partition coefficient (Wildman–Crippen LogP) is 4.08. The summed E-state index contributed by atoms with van der Waals surface area (Å²) in [7, 11) is 0. The third-order valence-electron chi connectivity index (χ3n) is 4.90. The first-order valence-electron chi connectivity index (χ1n) is 8.78. The molecule has 134 valence electrons. The first-order valence-corrected chi connectivity index (χ1v) is 9.57. The molecule has 1 aromatic carbocycles. The van der Waals surface area contributed by atoms with Crippen molar-refractivity contribution in [3.8, 4) is 0 Å². The Morgan fingerprint density at radius 3 is 2.62 bits per heavy atom. The van der Waals surface area contributed by atoms with Gasteiger partial charge < -0.3 is 15.5 Å². The minimum Gasteiger partial charge on any atom is -0.371 e. The Bertz CT molecular complexity index is 544. The number of nitrogens with two attached hydrogens (primary N) is 1. The molecule has 0 aliphatic carbocycles. The number of rotatable bonds is 3. The second-order valence-electron chi connectivity index (χ2n) is 6.68. The fraction of sp³-hybridized carbons (Fsp3) is 0.611. The number of hydrogen-bond acceptors (Lipinski definition) is 2. The molecule has 0 bridgehead atoms. The Labute approximate surface area is 171 Å². The molecule has 1 unspecified atom stereocenters. The second-order valence-corrected chi connectivity index (χ2v) is 7.60. The van der Waals surface area contributed by atoms with E-state index in [0.29, 0.717) is 5.92 Å². The molecule has 1 atom stereocenters. The first-order chi connectivity index (χ1) is 11.2. The average Bonchev–Trinajstić information content (AvgIpc) is 2.86. The van der Waals surface area contributed by atoms with Crippen molar-refractivity contribution in [2.45, 2.75) is 32.1 Å². The quantitative estimate of drug-likeness (QED) is 0.381. The number of hydrogen-bond donors (Lipinski definition) is 1. The van der Waals surface area contributed by atoms with Crippen molar-refractivity contribution in [3.05, 3.63) is 28.7 Å². The largest absolute Gasteiger partial charge is 0.371 e. The van der Waals surface area contributed by atoms with Crippen molar-refractivity contribution < 1.29 is 0 Å². The van der Waals surface area contributed by atoms with Gasteiger partial charge in [0.15, 0.2) is 5.96 Å². The lowest BCUT2D eigenvalue weighted by molar-refractivity contribution is 0.426. The molecule has 4 nitrogen and oxygen atoms in total. The monoisotopic (exact) mass is 506 g/mol. The Morgan fingerprint density at radius 1 is 1.17 bits per heavy atom. The van der Waals surface area contributed by atoms with Gasteiger partial charge in [0.2, 0.25) is 0 Å². The molecule has 6 heteroatoms. The first kappa shape index (κ1) is 19.8. The molecule has 0 aromatic heterocycles. The molecule has 2 fully saturated rings. The summed E-state index contributed by atoms with van der Waals surface area (Å²) in [5.41, 5.74) is 7.52. The van der Waals surface area contributed by atoms with Crippen LogP contribution < -0.4 is 10.6 Å². The predicted molar refractivity (Wildman–Crippen MR) is 116 cm³/mol. The highest BCUT2D eigenvalue weighted by Gasteiger charge is 2.23. The summed E-state index contributed by atoms with van der Waals surface area (Å²) < 4.78 is 1.14. The van der Waals surface area contributed by atoms with Crippen molar-refractivity contribution in [2.24, 2.45) is 16.6 Å². The average molecular weight is 507 g/mol. The Hall–Kier alpha value is -0.500. The number of anilines is 1. The van der Waals surface area contributed by atoms with Crippen LogP contribution in [0, 0.1) is 5.92 Å². The normalized spacial score (nSPS) is 22.2. The van der Waals surface area contributed by atoms with Crippen molar-refractivity contribution in [1.82, 2.24) is 4.90 Å². The Kier molecular flexibility index (Phi) is 8.13. The van der Waals surface area contributed by atoms with Crippen LogP contribution in [0.4, 0.5) is 5.69 Å². The molecule has 0 radical (unpaired) electrons. The molecule has 1 aromatic rings. The van der Waals surface area contributed by atoms with Crippen molar-refractivity contribution in [3.63, 3.8) is 0 Å². The van der Waals surface area contributed by atoms with E-state index >= 15 is 0 Å². The molecule has 2 saturated heterocycles. The summed E-state index contributed by atoms with van der Waals surface area (Å²) in [6.45, 7) is 5.19. The van der Waals surface area contributed by atoms with Crippen LogP contribution in [0.3, 0.4) is 0 Å². The van der Waals surface area contributed by atoms with Gasteiger partial charge in [-0.15, -0.1) is 24.0 Å². The van der Waals surface area contributed by atoms with Crippen LogP contribution in [-0.2, 0) is 0 Å². The molecule has 2 N–H and O–H groups in total. The van der Waals surface area contributed by atoms with Crippen LogP contribution in [-0.4, -0.2) is 43.6 Å². The van der Waals surface area contributed by atoms with Gasteiger partial charge in [-0.2, -0.15) is 0 Å². The Morgan fingerprint density at radius 2 is 1.92 bits per heavy atom. The van der Waals surface area contributed by atoms with E-state index in [1.807, 2.05) is 0 Å². The van der Waals surface area contributed by atoms with E-state index in [1.54, 1.807) is 0 Å². The number of guanidine groups is 1. The SMILES string of the molecule is I.NC(=NCC1CCN(c2cccc(Br)c2)C1)N1CCCCCC1. The minimum absolute atomic E-state index is 0. The highest BCUT2D eigenvalue weighted by atomic mass is 127. The van der Waals surface area contributed by atoms with E-state index in [0.717, 1.165) is 43.2 Å². The van der Waals surface area contributed by atoms with E-state index < -0.39 is 0 Å². The van der Waals surface area contributed by atoms with Gasteiger partial charge in [0, 0.05) is 42.9 Å². The summed E-state index contributed by atoms with van der Waals surface area (Å²) in [5.74, 6) is 1.37. The fourth-order valence-electron chi connectivity index (χ4n) is 3.51. The summed E-state index contributed by atoms with van der Waals surface area (Å²) in [4.78, 5) is 9.42. The molecule has 2 aliphatic heterocycles. The lowest BCUT2D eigenvalue weighted by atomic mass is 10.1. The van der Waals surface area contributed by atoms with Crippen LogP contribution >= 0.6 is 39.9 Å². The molecule has 2 aliphatic rings. The summed E-state index contributed by atoms with van der Waals surface area (Å²) in [6.07, 6.45) is 6.35. The van der Waals surface area contributed by atoms with Crippen LogP contribution in [0.25, 0.3) is 0 Å². The van der Waals surface area contributed by atoms with Gasteiger partial charge in [0.1, 0.15) is 0 Å². The summed E-state index contributed by atoms with van der Waals surface area (Å²) >= 11 is 3.55. The highest BCUT2D eigenvalue weighted by molar-refractivity contribution is 14.0. The molecular weight excluding hydrogens is 479 g/mol. The smallest absolute Gasteiger partial charge is 0.191 e. The maximum atomic E-state index is 6.22. The van der Waals surface area contributed by atoms with Gasteiger partial charge in [-0.25, -0.2) is 0 Å². The van der Waals surface area contributed by atoms with Gasteiger partial charge in [-0.05, 0) is 43.4 Å². The van der Waals surface area contributed by atoms with Crippen LogP contribution in [0.2, 0.25) is 0 Å². The molecule has 2 heterocycles. The number of aliphatic imine (C=N–C) groups is 1. The number of benzene rings is 1. The van der Waals surface area contributed by atoms with Crippen LogP contribution in [0.1, 0.15) is 32.1 Å². The highest BCUT2D eigenvalue weighted by Crippen LogP contribution is 2.26. The van der Waals surface area contributed by atoms with Crippen LogP contribution in [0.5, 0.6) is 0 Å². The second kappa shape index (κ2) is 9.85. The number of nitrogens with zero attached hydrogens (tertiary/aromatic N) is 3. The van der Waals surface area contributed by atoms with E-state index in [4.69, 9.17) is 10.7 Å². The topological polar surface area (TPSA) is 44.9 Å². The standard InChI is InChI=1S/C18H27BrN4.HI/c19-16-6-5-7-17(12-16)23-11-8-15(14-23)13-21-18(20)22-9-3-1-2-4-10-22;/h5-7,12,15H,1-4,8-11,13-14H2,(H2,20,21);1H. The third kappa shape index (κ3) is 5.51. The Balaban J connectivity index is 0.00000208. The third-order valence-corrected chi connectivity index (χ3v) is 5.39.